The average molecular weight is 196 g/mol. The molecule has 1 heterocycles. The minimum Gasteiger partial charge on any atom is -0.481 e. The Kier molecular flexibility index (Phi) is 4.52. The molecule has 0 aromatic heterocycles. The Morgan fingerprint density at radius 3 is 2.83 bits per heavy atom. The summed E-state index contributed by atoms with van der Waals surface area (Å²) in [6.07, 6.45) is 0.0694. The van der Waals surface area contributed by atoms with Crippen molar-refractivity contribution in [3.8, 4) is 0 Å². The Labute approximate surface area is 77.7 Å². The van der Waals surface area contributed by atoms with E-state index in [9.17, 15) is 4.79 Å². The monoisotopic (exact) mass is 195 g/mol. The van der Waals surface area contributed by atoms with Crippen LogP contribution in [0.2, 0.25) is 0 Å². The molecule has 1 atom stereocenters. The van der Waals surface area contributed by atoms with Crippen LogP contribution in [0, 0.1) is 0 Å². The fourth-order valence-electron chi connectivity index (χ4n) is 1.21. The molecule has 1 fully saturated rings. The molecule has 1 aliphatic rings. The first-order chi connectivity index (χ1) is 5.12. The SMILES string of the molecule is CC1(CC(=O)O)CNCCO1.Cl. The van der Waals surface area contributed by atoms with E-state index in [1.165, 1.54) is 0 Å². The molecule has 0 amide bonds. The summed E-state index contributed by atoms with van der Waals surface area (Å²) in [4.78, 5) is 10.4. The second kappa shape index (κ2) is 4.64. The molecule has 1 rings (SSSR count). The molecule has 0 bridgehead atoms. The minimum atomic E-state index is -0.809. The summed E-state index contributed by atoms with van der Waals surface area (Å²) in [6, 6.07) is 0. The average Bonchev–Trinajstić information content (AvgIpc) is 1.85. The molecule has 12 heavy (non-hydrogen) atoms. The zero-order valence-corrected chi connectivity index (χ0v) is 7.82. The Hall–Kier alpha value is -0.320. The molecule has 0 spiro atoms. The first-order valence-corrected chi connectivity index (χ1v) is 3.69. The van der Waals surface area contributed by atoms with Crippen LogP contribution in [0.1, 0.15) is 13.3 Å². The van der Waals surface area contributed by atoms with Crippen molar-refractivity contribution in [1.82, 2.24) is 5.32 Å². The number of ether oxygens (including phenoxy) is 1. The lowest BCUT2D eigenvalue weighted by Crippen LogP contribution is -2.48. The van der Waals surface area contributed by atoms with Crippen molar-refractivity contribution in [2.75, 3.05) is 19.7 Å². The second-order valence-corrected chi connectivity index (χ2v) is 3.05. The van der Waals surface area contributed by atoms with Crippen LogP contribution in [0.4, 0.5) is 0 Å². The predicted molar refractivity (Wildman–Crippen MR) is 46.7 cm³/mol. The van der Waals surface area contributed by atoms with Crippen molar-refractivity contribution in [3.05, 3.63) is 0 Å². The van der Waals surface area contributed by atoms with Crippen molar-refractivity contribution < 1.29 is 14.6 Å². The summed E-state index contributed by atoms with van der Waals surface area (Å²) in [5.41, 5.74) is -0.510. The van der Waals surface area contributed by atoms with Crippen molar-refractivity contribution >= 4 is 18.4 Å². The third-order valence-electron chi connectivity index (χ3n) is 1.75. The van der Waals surface area contributed by atoms with Gasteiger partial charge in [-0.3, -0.25) is 4.79 Å². The van der Waals surface area contributed by atoms with E-state index in [4.69, 9.17) is 9.84 Å². The lowest BCUT2D eigenvalue weighted by atomic mass is 10.0. The van der Waals surface area contributed by atoms with Gasteiger partial charge in [-0.1, -0.05) is 0 Å². The van der Waals surface area contributed by atoms with Crippen molar-refractivity contribution in [3.63, 3.8) is 0 Å². The summed E-state index contributed by atoms with van der Waals surface area (Å²) in [7, 11) is 0. The quantitative estimate of drug-likeness (QED) is 0.664. The standard InChI is InChI=1S/C7H13NO3.ClH/c1-7(4-6(9)10)5-8-2-3-11-7;/h8H,2-5H2,1H3,(H,9,10);1H. The molecule has 0 aromatic carbocycles. The zero-order valence-electron chi connectivity index (χ0n) is 7.00. The van der Waals surface area contributed by atoms with E-state index in [0.717, 1.165) is 6.54 Å². The predicted octanol–water partition coefficient (Wildman–Crippen LogP) is 0.261. The summed E-state index contributed by atoms with van der Waals surface area (Å²) in [6.45, 7) is 3.85. The molecule has 5 heteroatoms. The van der Waals surface area contributed by atoms with Gasteiger partial charge in [0.25, 0.3) is 0 Å². The van der Waals surface area contributed by atoms with Gasteiger partial charge < -0.3 is 15.2 Å². The van der Waals surface area contributed by atoms with E-state index >= 15 is 0 Å². The second-order valence-electron chi connectivity index (χ2n) is 3.05. The van der Waals surface area contributed by atoms with E-state index < -0.39 is 11.6 Å². The maximum Gasteiger partial charge on any atom is 0.306 e. The molecule has 0 aliphatic carbocycles. The van der Waals surface area contributed by atoms with E-state index in [1.807, 2.05) is 6.92 Å². The molecule has 1 aliphatic heterocycles. The number of nitrogens with one attached hydrogen (secondary N) is 1. The Morgan fingerprint density at radius 2 is 2.42 bits per heavy atom. The highest BCUT2D eigenvalue weighted by Crippen LogP contribution is 2.16. The van der Waals surface area contributed by atoms with Gasteiger partial charge in [-0.05, 0) is 6.92 Å². The third kappa shape index (κ3) is 3.38. The highest BCUT2D eigenvalue weighted by Gasteiger charge is 2.30. The van der Waals surface area contributed by atoms with Crippen LogP contribution in [-0.4, -0.2) is 36.4 Å². The van der Waals surface area contributed by atoms with Gasteiger partial charge in [0.2, 0.25) is 0 Å². The zero-order chi connectivity index (χ0) is 8.32. The highest BCUT2D eigenvalue weighted by molar-refractivity contribution is 5.85. The minimum absolute atomic E-state index is 0. The van der Waals surface area contributed by atoms with Crippen molar-refractivity contribution in [2.24, 2.45) is 0 Å². The number of halogens is 1. The van der Waals surface area contributed by atoms with Crippen molar-refractivity contribution in [2.45, 2.75) is 18.9 Å². The first-order valence-electron chi connectivity index (χ1n) is 3.69. The lowest BCUT2D eigenvalue weighted by molar-refractivity contribution is -0.146. The lowest BCUT2D eigenvalue weighted by Gasteiger charge is -2.32. The van der Waals surface area contributed by atoms with Gasteiger partial charge in [-0.2, -0.15) is 0 Å². The van der Waals surface area contributed by atoms with Crippen molar-refractivity contribution in [1.29, 1.82) is 0 Å². The molecule has 1 unspecified atom stereocenters. The number of hydrogen-bond acceptors (Lipinski definition) is 3. The van der Waals surface area contributed by atoms with Gasteiger partial charge in [0, 0.05) is 13.1 Å². The van der Waals surface area contributed by atoms with Gasteiger partial charge >= 0.3 is 5.97 Å². The Balaban J connectivity index is 0.00000121. The van der Waals surface area contributed by atoms with E-state index in [2.05, 4.69) is 5.32 Å². The molecular formula is C7H14ClNO3. The van der Waals surface area contributed by atoms with Crippen LogP contribution < -0.4 is 5.32 Å². The molecule has 0 radical (unpaired) electrons. The summed E-state index contributed by atoms with van der Waals surface area (Å²) in [5, 5.41) is 11.6. The van der Waals surface area contributed by atoms with Crippen LogP contribution >= 0.6 is 12.4 Å². The van der Waals surface area contributed by atoms with E-state index in [-0.39, 0.29) is 18.8 Å². The fourth-order valence-corrected chi connectivity index (χ4v) is 1.21. The molecule has 0 aromatic rings. The molecule has 1 saturated heterocycles. The number of carboxylic acids is 1. The summed E-state index contributed by atoms with van der Waals surface area (Å²) < 4.78 is 5.33. The smallest absolute Gasteiger partial charge is 0.306 e. The van der Waals surface area contributed by atoms with Gasteiger partial charge in [-0.15, -0.1) is 12.4 Å². The first kappa shape index (κ1) is 11.7. The van der Waals surface area contributed by atoms with Crippen LogP contribution in [0.15, 0.2) is 0 Å². The molecule has 2 N–H and O–H groups in total. The topological polar surface area (TPSA) is 58.6 Å². The normalized spacial score (nSPS) is 29.1. The van der Waals surface area contributed by atoms with Crippen LogP contribution in [0.25, 0.3) is 0 Å². The number of rotatable bonds is 2. The molecule has 0 saturated carbocycles. The van der Waals surface area contributed by atoms with Crippen LogP contribution in [0.3, 0.4) is 0 Å². The van der Waals surface area contributed by atoms with Gasteiger partial charge in [0.05, 0.1) is 18.6 Å². The summed E-state index contributed by atoms with van der Waals surface area (Å²) in [5.74, 6) is -0.809. The largest absolute Gasteiger partial charge is 0.481 e. The number of aliphatic carboxylic acids is 1. The fraction of sp³-hybridized carbons (Fsp3) is 0.857. The molecule has 72 valence electrons. The Bertz CT molecular complexity index is 157. The van der Waals surface area contributed by atoms with Gasteiger partial charge in [-0.25, -0.2) is 0 Å². The number of carboxylic acid groups (broad SMARTS) is 1. The number of carbonyl (C=O) groups is 1. The molecule has 4 nitrogen and oxygen atoms in total. The number of hydrogen-bond donors (Lipinski definition) is 2. The highest BCUT2D eigenvalue weighted by atomic mass is 35.5. The van der Waals surface area contributed by atoms with Gasteiger partial charge in [0.15, 0.2) is 0 Å². The maximum atomic E-state index is 10.4. The maximum absolute atomic E-state index is 10.4. The van der Waals surface area contributed by atoms with Gasteiger partial charge in [0.1, 0.15) is 0 Å². The Morgan fingerprint density at radius 1 is 1.75 bits per heavy atom. The summed E-state index contributed by atoms with van der Waals surface area (Å²) >= 11 is 0. The van der Waals surface area contributed by atoms with Crippen LogP contribution in [0.5, 0.6) is 0 Å². The van der Waals surface area contributed by atoms with Crippen LogP contribution in [-0.2, 0) is 9.53 Å². The molecular weight excluding hydrogens is 182 g/mol. The van der Waals surface area contributed by atoms with E-state index in [0.29, 0.717) is 13.2 Å². The number of morpholine rings is 1. The third-order valence-corrected chi connectivity index (χ3v) is 1.75. The van der Waals surface area contributed by atoms with E-state index in [1.54, 1.807) is 0 Å².